The van der Waals surface area contributed by atoms with Gasteiger partial charge < -0.3 is 9.64 Å². The molecule has 0 aliphatic carbocycles. The van der Waals surface area contributed by atoms with E-state index < -0.39 is 0 Å². The zero-order chi connectivity index (χ0) is 16.8. The van der Waals surface area contributed by atoms with Crippen LogP contribution in [0, 0.1) is 0 Å². The van der Waals surface area contributed by atoms with Crippen molar-refractivity contribution in [2.24, 2.45) is 0 Å². The van der Waals surface area contributed by atoms with Crippen molar-refractivity contribution in [1.29, 1.82) is 0 Å². The van der Waals surface area contributed by atoms with Gasteiger partial charge in [-0.2, -0.15) is 0 Å². The van der Waals surface area contributed by atoms with Crippen molar-refractivity contribution in [1.82, 2.24) is 14.8 Å². The first kappa shape index (κ1) is 17.0. The number of carbonyl (C=O) groups is 1. The number of likely N-dealkylation sites (tertiary alicyclic amines) is 1. The summed E-state index contributed by atoms with van der Waals surface area (Å²) in [6.07, 6.45) is 8.50. The molecule has 1 amide bonds. The van der Waals surface area contributed by atoms with Crippen molar-refractivity contribution in [2.45, 2.75) is 44.7 Å². The molecule has 5 heteroatoms. The third-order valence-electron chi connectivity index (χ3n) is 4.95. The summed E-state index contributed by atoms with van der Waals surface area (Å²) in [5, 5.41) is 0. The fraction of sp³-hybridized carbons (Fsp3) is 0.579. The monoisotopic (exact) mass is 329 g/mol. The fourth-order valence-corrected chi connectivity index (χ4v) is 3.52. The average molecular weight is 329 g/mol. The van der Waals surface area contributed by atoms with Crippen molar-refractivity contribution < 1.29 is 9.53 Å². The molecule has 0 spiro atoms. The Labute approximate surface area is 144 Å². The van der Waals surface area contributed by atoms with Crippen LogP contribution < -0.4 is 0 Å². The third kappa shape index (κ3) is 4.35. The summed E-state index contributed by atoms with van der Waals surface area (Å²) in [5.74, 6) is 0.169. The van der Waals surface area contributed by atoms with Crippen LogP contribution in [0.3, 0.4) is 0 Å². The Morgan fingerprint density at radius 3 is 3.00 bits per heavy atom. The Bertz CT molecular complexity index is 573. The number of hydrogen-bond donors (Lipinski definition) is 0. The van der Waals surface area contributed by atoms with Crippen LogP contribution in [-0.2, 0) is 16.1 Å². The van der Waals surface area contributed by atoms with E-state index in [2.05, 4.69) is 23.0 Å². The minimum atomic E-state index is 0.169. The number of ether oxygens (including phenoxy) is 1. The average Bonchev–Trinajstić information content (AvgIpc) is 2.89. The molecule has 0 N–H and O–H groups in total. The first-order valence-electron chi connectivity index (χ1n) is 8.94. The summed E-state index contributed by atoms with van der Waals surface area (Å²) >= 11 is 0. The molecule has 1 atom stereocenters. The van der Waals surface area contributed by atoms with E-state index >= 15 is 0 Å². The predicted molar refractivity (Wildman–Crippen MR) is 93.2 cm³/mol. The summed E-state index contributed by atoms with van der Waals surface area (Å²) in [6.45, 7) is 3.27. The summed E-state index contributed by atoms with van der Waals surface area (Å²) in [5.41, 5.74) is 1.93. The predicted octanol–water partition coefficient (Wildman–Crippen LogP) is 2.59. The van der Waals surface area contributed by atoms with Crippen LogP contribution in [0.4, 0.5) is 0 Å². The maximum absolute atomic E-state index is 12.6. The lowest BCUT2D eigenvalue weighted by Gasteiger charge is -2.27. The van der Waals surface area contributed by atoms with Crippen molar-refractivity contribution in [3.63, 3.8) is 0 Å². The number of nitrogens with zero attached hydrogens (tertiary/aromatic N) is 3. The van der Waals surface area contributed by atoms with Crippen LogP contribution in [0.25, 0.3) is 0 Å². The zero-order valence-corrected chi connectivity index (χ0v) is 14.5. The molecule has 1 fully saturated rings. The fourth-order valence-electron chi connectivity index (χ4n) is 3.52. The van der Waals surface area contributed by atoms with Gasteiger partial charge in [-0.3, -0.25) is 14.7 Å². The van der Waals surface area contributed by atoms with Gasteiger partial charge in [0.15, 0.2) is 0 Å². The SMILES string of the molecule is CN(Cc1ccccn1)C1CCCN(C(=O)C2=COCCC2)CC1. The molecule has 5 nitrogen and oxygen atoms in total. The molecule has 2 aliphatic rings. The quantitative estimate of drug-likeness (QED) is 0.852. The zero-order valence-electron chi connectivity index (χ0n) is 14.5. The lowest BCUT2D eigenvalue weighted by atomic mass is 10.1. The number of amides is 1. The highest BCUT2D eigenvalue weighted by molar-refractivity contribution is 5.93. The van der Waals surface area contributed by atoms with Crippen LogP contribution >= 0.6 is 0 Å². The van der Waals surface area contributed by atoms with Crippen LogP contribution in [0.2, 0.25) is 0 Å². The van der Waals surface area contributed by atoms with Gasteiger partial charge in [-0.25, -0.2) is 0 Å². The summed E-state index contributed by atoms with van der Waals surface area (Å²) in [7, 11) is 2.16. The maximum Gasteiger partial charge on any atom is 0.252 e. The van der Waals surface area contributed by atoms with Gasteiger partial charge in [0.05, 0.1) is 24.1 Å². The largest absolute Gasteiger partial charge is 0.501 e. The Morgan fingerprint density at radius 2 is 2.25 bits per heavy atom. The highest BCUT2D eigenvalue weighted by Gasteiger charge is 2.25. The molecular formula is C19H27N3O2. The van der Waals surface area contributed by atoms with Crippen LogP contribution in [0.1, 0.15) is 37.8 Å². The third-order valence-corrected chi connectivity index (χ3v) is 4.95. The molecule has 0 saturated carbocycles. The lowest BCUT2D eigenvalue weighted by molar-refractivity contribution is -0.127. The van der Waals surface area contributed by atoms with Gasteiger partial charge in [0.25, 0.3) is 5.91 Å². The Balaban J connectivity index is 1.54. The second-order valence-corrected chi connectivity index (χ2v) is 6.73. The Hall–Kier alpha value is -1.88. The molecule has 0 bridgehead atoms. The second kappa shape index (κ2) is 8.29. The van der Waals surface area contributed by atoms with Gasteiger partial charge in [-0.15, -0.1) is 0 Å². The molecule has 1 unspecified atom stereocenters. The highest BCUT2D eigenvalue weighted by atomic mass is 16.5. The first-order chi connectivity index (χ1) is 11.7. The van der Waals surface area contributed by atoms with Gasteiger partial charge >= 0.3 is 0 Å². The van der Waals surface area contributed by atoms with E-state index in [0.29, 0.717) is 6.04 Å². The molecule has 1 saturated heterocycles. The van der Waals surface area contributed by atoms with Crippen LogP contribution in [0.15, 0.2) is 36.2 Å². The Morgan fingerprint density at radius 1 is 1.33 bits per heavy atom. The Kier molecular flexibility index (Phi) is 5.86. The van der Waals surface area contributed by atoms with Crippen molar-refractivity contribution >= 4 is 5.91 Å². The smallest absolute Gasteiger partial charge is 0.252 e. The van der Waals surface area contributed by atoms with Gasteiger partial charge in [0.1, 0.15) is 0 Å². The van der Waals surface area contributed by atoms with E-state index in [1.807, 2.05) is 23.2 Å². The topological polar surface area (TPSA) is 45.7 Å². The number of carbonyl (C=O) groups excluding carboxylic acids is 1. The highest BCUT2D eigenvalue weighted by Crippen LogP contribution is 2.21. The van der Waals surface area contributed by atoms with E-state index in [9.17, 15) is 4.79 Å². The van der Waals surface area contributed by atoms with Gasteiger partial charge in [0.2, 0.25) is 0 Å². The summed E-state index contributed by atoms with van der Waals surface area (Å²) in [4.78, 5) is 21.4. The molecule has 2 aliphatic heterocycles. The lowest BCUT2D eigenvalue weighted by Crippen LogP contribution is -2.36. The molecule has 0 radical (unpaired) electrons. The van der Waals surface area contributed by atoms with E-state index in [0.717, 1.165) is 69.6 Å². The number of pyridine rings is 1. The number of hydrogen-bond acceptors (Lipinski definition) is 4. The number of aromatic nitrogens is 1. The summed E-state index contributed by atoms with van der Waals surface area (Å²) in [6, 6.07) is 6.55. The van der Waals surface area contributed by atoms with Crippen LogP contribution in [-0.4, -0.2) is 53.5 Å². The molecule has 3 heterocycles. The van der Waals surface area contributed by atoms with Crippen molar-refractivity contribution in [3.05, 3.63) is 41.9 Å². The van der Waals surface area contributed by atoms with Gasteiger partial charge in [-0.1, -0.05) is 6.07 Å². The second-order valence-electron chi connectivity index (χ2n) is 6.73. The van der Waals surface area contributed by atoms with E-state index in [-0.39, 0.29) is 5.91 Å². The van der Waals surface area contributed by atoms with Gasteiger partial charge in [0, 0.05) is 31.9 Å². The summed E-state index contributed by atoms with van der Waals surface area (Å²) < 4.78 is 5.33. The molecule has 0 aromatic carbocycles. The molecular weight excluding hydrogens is 302 g/mol. The van der Waals surface area contributed by atoms with Crippen molar-refractivity contribution in [3.8, 4) is 0 Å². The normalized spacial score (nSPS) is 21.8. The van der Waals surface area contributed by atoms with E-state index in [1.54, 1.807) is 6.26 Å². The number of rotatable bonds is 4. The molecule has 1 aromatic heterocycles. The van der Waals surface area contributed by atoms with Crippen LogP contribution in [0.5, 0.6) is 0 Å². The van der Waals surface area contributed by atoms with E-state index in [1.165, 1.54) is 0 Å². The first-order valence-corrected chi connectivity index (χ1v) is 8.94. The molecule has 24 heavy (non-hydrogen) atoms. The van der Waals surface area contributed by atoms with Gasteiger partial charge in [-0.05, 0) is 51.3 Å². The molecule has 130 valence electrons. The van der Waals surface area contributed by atoms with Crippen molar-refractivity contribution in [2.75, 3.05) is 26.7 Å². The minimum Gasteiger partial charge on any atom is -0.501 e. The molecule has 1 aromatic rings. The standard InChI is InChI=1S/C19H27N3O2/c1-21(14-17-7-2-3-10-20-17)18-8-4-11-22(12-9-18)19(23)16-6-5-13-24-15-16/h2-3,7,10,15,18H,4-6,8-9,11-14H2,1H3. The van der Waals surface area contributed by atoms with E-state index in [4.69, 9.17) is 4.74 Å². The maximum atomic E-state index is 12.6. The molecule has 3 rings (SSSR count). The minimum absolute atomic E-state index is 0.169.